The molecule has 7 aromatic rings. The highest BCUT2D eigenvalue weighted by Crippen LogP contribution is 2.53. The van der Waals surface area contributed by atoms with Crippen LogP contribution < -0.4 is 0 Å². The van der Waals surface area contributed by atoms with Gasteiger partial charge in [0, 0.05) is 78.2 Å². The van der Waals surface area contributed by atoms with Gasteiger partial charge in [-0.05, 0) is 27.8 Å². The number of carbonyl (C=O) groups is 4. The minimum absolute atomic E-state index is 0. The molecular formula is C69H58O16. The van der Waals surface area contributed by atoms with Crippen molar-refractivity contribution in [2.75, 3.05) is 0 Å². The molecule has 12 N–H and O–H groups in total. The number of hydrogen-bond acceptors (Lipinski definition) is 16. The molecular weight excluding hydrogens is 1080 g/mol. The molecule has 16 nitrogen and oxygen atoms in total. The molecule has 11 rings (SSSR count). The molecule has 0 atom stereocenters. The highest BCUT2D eigenvalue weighted by atomic mass is 16.3. The van der Waals surface area contributed by atoms with E-state index in [2.05, 4.69) is 0 Å². The number of rotatable bonds is 12. The van der Waals surface area contributed by atoms with Crippen LogP contribution >= 0.6 is 0 Å². The van der Waals surface area contributed by atoms with E-state index < -0.39 is 131 Å². The van der Waals surface area contributed by atoms with Crippen molar-refractivity contribution in [2.45, 2.75) is 47.0 Å². The van der Waals surface area contributed by atoms with Crippen molar-refractivity contribution in [3.8, 4) is 34.5 Å². The van der Waals surface area contributed by atoms with Gasteiger partial charge in [0.25, 0.3) is 0 Å². The molecule has 4 aliphatic rings. The maximum atomic E-state index is 13.7. The van der Waals surface area contributed by atoms with Crippen molar-refractivity contribution in [3.63, 3.8) is 0 Å². The van der Waals surface area contributed by atoms with E-state index in [0.717, 1.165) is 40.5 Å². The monoisotopic (exact) mass is 1140 g/mol. The maximum Gasteiger partial charge on any atom is 0.202 e. The second-order valence-electron chi connectivity index (χ2n) is 19.9. The van der Waals surface area contributed by atoms with E-state index >= 15 is 0 Å². The molecule has 0 spiro atoms. The fourth-order valence-electron chi connectivity index (χ4n) is 10.4. The summed E-state index contributed by atoms with van der Waals surface area (Å²) in [5.41, 5.74) is -0.0744. The molecule has 0 heterocycles. The highest BCUT2D eigenvalue weighted by molar-refractivity contribution is 6.43. The van der Waals surface area contributed by atoms with Crippen molar-refractivity contribution in [2.24, 2.45) is 0 Å². The summed E-state index contributed by atoms with van der Waals surface area (Å²) < 4.78 is 0. The lowest BCUT2D eigenvalue weighted by molar-refractivity contribution is -0.114. The van der Waals surface area contributed by atoms with Gasteiger partial charge in [0.05, 0.1) is 44.6 Å². The fraction of sp³-hybridized carbons (Fsp3) is 0.101. The van der Waals surface area contributed by atoms with Gasteiger partial charge in [0.2, 0.25) is 11.6 Å². The number of aromatic hydroxyl groups is 6. The minimum atomic E-state index is -0.913. The maximum absolute atomic E-state index is 13.7. The van der Waals surface area contributed by atoms with E-state index in [-0.39, 0.29) is 80.5 Å². The van der Waals surface area contributed by atoms with Gasteiger partial charge in [-0.3, -0.25) is 19.2 Å². The van der Waals surface area contributed by atoms with E-state index in [0.29, 0.717) is 5.56 Å². The average Bonchev–Trinajstić information content (AvgIpc) is 1.10. The quantitative estimate of drug-likeness (QED) is 0.0506. The molecule has 85 heavy (non-hydrogen) atoms. The molecule has 7 aromatic carbocycles. The Bertz CT molecular complexity index is 4070. The van der Waals surface area contributed by atoms with Crippen LogP contribution in [0.25, 0.3) is 11.1 Å². The Balaban J connectivity index is 0.000000219. The Morgan fingerprint density at radius 2 is 0.576 bits per heavy atom. The summed E-state index contributed by atoms with van der Waals surface area (Å²) in [6.45, 7) is 0. The van der Waals surface area contributed by atoms with E-state index in [9.17, 15) is 80.5 Å². The third-order valence-electron chi connectivity index (χ3n) is 14.6. The van der Waals surface area contributed by atoms with E-state index in [1.54, 1.807) is 140 Å². The van der Waals surface area contributed by atoms with Gasteiger partial charge in [-0.25, -0.2) is 0 Å². The van der Waals surface area contributed by atoms with Gasteiger partial charge >= 0.3 is 0 Å². The number of aliphatic hydroxyl groups excluding tert-OH is 6. The summed E-state index contributed by atoms with van der Waals surface area (Å²) in [7, 11) is 0. The van der Waals surface area contributed by atoms with Gasteiger partial charge in [0.1, 0.15) is 69.1 Å². The topological polar surface area (TPSA) is 311 Å². The number of phenolic OH excluding ortho intramolecular Hbond substituents is 6. The second-order valence-corrected chi connectivity index (χ2v) is 19.9. The molecule has 0 aromatic heterocycles. The zero-order valence-electron chi connectivity index (χ0n) is 43.7. The van der Waals surface area contributed by atoms with Crippen molar-refractivity contribution in [1.82, 2.24) is 0 Å². The largest absolute Gasteiger partial charge is 0.507 e. The predicted octanol–water partition coefficient (Wildman–Crippen LogP) is 12.1. The average molecular weight is 1140 g/mol. The molecule has 4 aliphatic carbocycles. The molecule has 0 radical (unpaired) electrons. The lowest BCUT2D eigenvalue weighted by Gasteiger charge is -2.28. The molecule has 430 valence electrons. The van der Waals surface area contributed by atoms with Crippen molar-refractivity contribution >= 4 is 34.3 Å². The fourth-order valence-corrected chi connectivity index (χ4v) is 10.4. The Kier molecular flexibility index (Phi) is 17.2. The first-order valence-corrected chi connectivity index (χ1v) is 25.8. The van der Waals surface area contributed by atoms with Crippen LogP contribution in [0.15, 0.2) is 238 Å². The Labute approximate surface area is 487 Å². The van der Waals surface area contributed by atoms with Crippen LogP contribution in [-0.2, 0) is 51.3 Å². The zero-order chi connectivity index (χ0) is 59.0. The number of phenols is 6. The van der Waals surface area contributed by atoms with E-state index in [1.165, 1.54) is 0 Å². The van der Waals surface area contributed by atoms with Gasteiger partial charge in [-0.1, -0.05) is 167 Å². The summed E-state index contributed by atoms with van der Waals surface area (Å²) in [5, 5.41) is 131. The molecule has 0 saturated carbocycles. The summed E-state index contributed by atoms with van der Waals surface area (Å²) in [4.78, 5) is 52.6. The SMILES string of the molecule is C.C.O=C1C=C(O)C(Cc2ccccc2)=C(O)/C1=C1/C(=O)C(c2c(O)c(Cc3ccccc3)c(O)c(Cc3ccccc3)c2O)=C1O.O=C1C=C(O)C(Cc2ccccc2)=C(O)/C1=C1/C(=O)C(c2c(O)cc(O)c(Cc3ccccc3)c2O)=C1O. The summed E-state index contributed by atoms with van der Waals surface area (Å²) in [6.07, 6.45) is 1.95. The summed E-state index contributed by atoms with van der Waals surface area (Å²) in [6, 6.07) is 45.4. The second kappa shape index (κ2) is 24.4. The first-order chi connectivity index (χ1) is 39.9. The van der Waals surface area contributed by atoms with Gasteiger partial charge in [0.15, 0.2) is 11.6 Å². The Morgan fingerprint density at radius 3 is 0.906 bits per heavy atom. The Morgan fingerprint density at radius 1 is 0.282 bits per heavy atom. The zero-order valence-corrected chi connectivity index (χ0v) is 43.7. The minimum Gasteiger partial charge on any atom is -0.507 e. The van der Waals surface area contributed by atoms with Gasteiger partial charge < -0.3 is 61.3 Å². The number of Topliss-reactive ketones (excluding diaryl/α,β-unsaturated/α-hetero) is 2. The molecule has 0 aliphatic heterocycles. The van der Waals surface area contributed by atoms with Crippen molar-refractivity contribution in [3.05, 3.63) is 294 Å². The smallest absolute Gasteiger partial charge is 0.202 e. The molecule has 0 unspecified atom stereocenters. The summed E-state index contributed by atoms with van der Waals surface area (Å²) >= 11 is 0. The first kappa shape index (κ1) is 59.9. The molecule has 0 fully saturated rings. The number of allylic oxidation sites excluding steroid dienone is 10. The molecule has 16 heteroatoms. The van der Waals surface area contributed by atoms with Crippen LogP contribution in [0.4, 0.5) is 0 Å². The van der Waals surface area contributed by atoms with Gasteiger partial charge in [-0.2, -0.15) is 0 Å². The standard InChI is InChI=1S/C37H28O8.C30H22O8.2CH4/c38-26-19-27(39)28(33(41)23(26)16-20-10-4-1-5-11-20)29-36(44)31(37(29)45)30-34(42)24(17-21-12-6-2-7-13-21)32(40)25(35(30)43)18-22-14-8-3-9-15-22;31-19-13-21(33)23(27(35)17(19)11-15-7-3-1-4-8-15)25-29(37)26(30(25)38)24-22(34)14-20(32)18(28(24)36)12-16-9-5-2-6-10-16;;/h1-15,19,38,40-44H,16-18H2;1-10,13-14,31-33,35-37H,11-12H2;2*1H4/b29-28+;26-24+;;. The predicted molar refractivity (Wildman–Crippen MR) is 318 cm³/mol. The van der Waals surface area contributed by atoms with Crippen LogP contribution in [0.1, 0.15) is 70.5 Å². The molecule has 0 bridgehead atoms. The normalized spacial score (nSPS) is 16.6. The lowest BCUT2D eigenvalue weighted by Crippen LogP contribution is -2.27. The van der Waals surface area contributed by atoms with Crippen LogP contribution in [-0.4, -0.2) is 84.4 Å². The number of carbonyl (C=O) groups excluding carboxylic acids is 4. The van der Waals surface area contributed by atoms with E-state index in [4.69, 9.17) is 0 Å². The lowest BCUT2D eigenvalue weighted by atomic mass is 9.76. The Hall–Kier alpha value is -11.3. The third kappa shape index (κ3) is 11.1. The summed E-state index contributed by atoms with van der Waals surface area (Å²) in [5.74, 6) is -10.6. The third-order valence-corrected chi connectivity index (χ3v) is 14.6. The number of aliphatic hydroxyl groups is 6. The molecule has 0 amide bonds. The van der Waals surface area contributed by atoms with E-state index in [1.807, 2.05) is 12.1 Å². The van der Waals surface area contributed by atoms with Gasteiger partial charge in [-0.15, -0.1) is 0 Å². The number of hydrogen-bond donors (Lipinski definition) is 12. The number of benzene rings is 7. The molecule has 0 saturated heterocycles. The van der Waals surface area contributed by atoms with Crippen LogP contribution in [0.5, 0.6) is 34.5 Å². The highest BCUT2D eigenvalue weighted by Gasteiger charge is 2.46. The van der Waals surface area contributed by atoms with Crippen molar-refractivity contribution < 1.29 is 80.5 Å². The van der Waals surface area contributed by atoms with Crippen LogP contribution in [0.2, 0.25) is 0 Å². The van der Waals surface area contributed by atoms with Crippen LogP contribution in [0.3, 0.4) is 0 Å². The first-order valence-electron chi connectivity index (χ1n) is 25.8. The van der Waals surface area contributed by atoms with Crippen molar-refractivity contribution in [1.29, 1.82) is 0 Å². The van der Waals surface area contributed by atoms with Crippen LogP contribution in [0, 0.1) is 0 Å². The number of ketones is 4.